The molecule has 1 N–H and O–H groups in total. The van der Waals surface area contributed by atoms with Gasteiger partial charge in [0.05, 0.1) is 6.61 Å². The molecule has 4 rings (SSSR count). The van der Waals surface area contributed by atoms with Crippen molar-refractivity contribution >= 4 is 0 Å². The maximum absolute atomic E-state index is 5.14. The Morgan fingerprint density at radius 2 is 1.81 bits per heavy atom. The van der Waals surface area contributed by atoms with Gasteiger partial charge in [-0.1, -0.05) is 24.3 Å². The standard InChI is InChI=1S/C19H27NO/c1-21-9-8-20-13-18-12-19(18)16-6-7-17(19)11-15-5-3-2-4-14(15)10-16/h2-5,16-18,20H,6-13H2,1H3. The number of hydrogen-bond acceptors (Lipinski definition) is 2. The summed E-state index contributed by atoms with van der Waals surface area (Å²) in [6.07, 6.45) is 7.07. The minimum absolute atomic E-state index is 0.680. The number of rotatable bonds is 5. The van der Waals surface area contributed by atoms with Gasteiger partial charge in [0, 0.05) is 13.7 Å². The van der Waals surface area contributed by atoms with Crippen LogP contribution in [0.2, 0.25) is 0 Å². The van der Waals surface area contributed by atoms with Gasteiger partial charge in [-0.25, -0.2) is 0 Å². The lowest BCUT2D eigenvalue weighted by atomic mass is 9.82. The van der Waals surface area contributed by atoms with Crippen LogP contribution in [0.25, 0.3) is 0 Å². The number of methoxy groups -OCH3 is 1. The fraction of sp³-hybridized carbons (Fsp3) is 0.684. The minimum atomic E-state index is 0.680. The highest BCUT2D eigenvalue weighted by Crippen LogP contribution is 2.70. The van der Waals surface area contributed by atoms with Gasteiger partial charge in [0.15, 0.2) is 0 Å². The zero-order chi connectivity index (χ0) is 14.3. The Labute approximate surface area is 128 Å². The van der Waals surface area contributed by atoms with E-state index in [0.717, 1.165) is 30.9 Å². The molecule has 1 spiro atoms. The molecule has 114 valence electrons. The molecule has 2 bridgehead atoms. The van der Waals surface area contributed by atoms with Crippen molar-refractivity contribution in [3.8, 4) is 0 Å². The molecule has 0 amide bonds. The SMILES string of the molecule is COCCNCC1CC12C1CCC2Cc2ccccc2C1. The topological polar surface area (TPSA) is 21.3 Å². The van der Waals surface area contributed by atoms with Gasteiger partial charge in [0.1, 0.15) is 0 Å². The van der Waals surface area contributed by atoms with Crippen LogP contribution in [0.5, 0.6) is 0 Å². The van der Waals surface area contributed by atoms with E-state index in [1.165, 1.54) is 38.6 Å². The van der Waals surface area contributed by atoms with Gasteiger partial charge in [-0.3, -0.25) is 0 Å². The quantitative estimate of drug-likeness (QED) is 0.840. The van der Waals surface area contributed by atoms with E-state index in [9.17, 15) is 0 Å². The van der Waals surface area contributed by atoms with E-state index in [-0.39, 0.29) is 0 Å². The molecule has 1 aromatic rings. The normalized spacial score (nSPS) is 36.5. The lowest BCUT2D eigenvalue weighted by Crippen LogP contribution is -2.27. The Kier molecular flexibility index (Phi) is 3.55. The average Bonchev–Trinajstić information content (AvgIpc) is 3.13. The number of ether oxygens (including phenoxy) is 1. The van der Waals surface area contributed by atoms with Gasteiger partial charge < -0.3 is 10.1 Å². The molecule has 3 atom stereocenters. The summed E-state index contributed by atoms with van der Waals surface area (Å²) in [6.45, 7) is 3.03. The van der Waals surface area contributed by atoms with E-state index in [0.29, 0.717) is 5.41 Å². The van der Waals surface area contributed by atoms with Crippen LogP contribution >= 0.6 is 0 Å². The second kappa shape index (κ2) is 5.40. The number of fused-ring (bicyclic) bond motifs is 1. The second-order valence-electron chi connectivity index (χ2n) is 7.36. The zero-order valence-electron chi connectivity index (χ0n) is 13.1. The Hall–Kier alpha value is -0.860. The Morgan fingerprint density at radius 3 is 2.43 bits per heavy atom. The molecule has 3 unspecified atom stereocenters. The molecule has 0 heterocycles. The first kappa shape index (κ1) is 13.8. The van der Waals surface area contributed by atoms with Crippen LogP contribution in [0.3, 0.4) is 0 Å². The molecule has 2 saturated carbocycles. The van der Waals surface area contributed by atoms with Gasteiger partial charge in [-0.15, -0.1) is 0 Å². The third-order valence-corrected chi connectivity index (χ3v) is 6.51. The van der Waals surface area contributed by atoms with Gasteiger partial charge in [-0.05, 0) is 72.9 Å². The maximum atomic E-state index is 5.14. The summed E-state index contributed by atoms with van der Waals surface area (Å²) in [4.78, 5) is 0. The summed E-state index contributed by atoms with van der Waals surface area (Å²) < 4.78 is 5.14. The Bertz CT molecular complexity index is 479. The lowest BCUT2D eigenvalue weighted by Gasteiger charge is -2.23. The van der Waals surface area contributed by atoms with Crippen molar-refractivity contribution in [1.82, 2.24) is 5.32 Å². The largest absolute Gasteiger partial charge is 0.383 e. The predicted octanol–water partition coefficient (Wildman–Crippen LogP) is 3.05. The van der Waals surface area contributed by atoms with Crippen molar-refractivity contribution in [1.29, 1.82) is 0 Å². The molecule has 2 heteroatoms. The Balaban J connectivity index is 1.47. The minimum Gasteiger partial charge on any atom is -0.383 e. The van der Waals surface area contributed by atoms with Crippen LogP contribution < -0.4 is 5.32 Å². The van der Waals surface area contributed by atoms with Crippen molar-refractivity contribution in [2.75, 3.05) is 26.8 Å². The third-order valence-electron chi connectivity index (χ3n) is 6.51. The van der Waals surface area contributed by atoms with Gasteiger partial charge in [0.2, 0.25) is 0 Å². The highest BCUT2D eigenvalue weighted by atomic mass is 16.5. The average molecular weight is 285 g/mol. The van der Waals surface area contributed by atoms with Gasteiger partial charge in [-0.2, -0.15) is 0 Å². The second-order valence-corrected chi connectivity index (χ2v) is 7.36. The van der Waals surface area contributed by atoms with Crippen molar-refractivity contribution in [3.05, 3.63) is 35.4 Å². The summed E-state index contributed by atoms with van der Waals surface area (Å²) in [5.74, 6) is 2.81. The summed E-state index contributed by atoms with van der Waals surface area (Å²) >= 11 is 0. The first-order valence-corrected chi connectivity index (χ1v) is 8.61. The van der Waals surface area contributed by atoms with Gasteiger partial charge >= 0.3 is 0 Å². The molecule has 0 aromatic heterocycles. The molecule has 0 radical (unpaired) electrons. The molecule has 3 aliphatic carbocycles. The van der Waals surface area contributed by atoms with E-state index in [2.05, 4.69) is 29.6 Å². The fourth-order valence-corrected chi connectivity index (χ4v) is 5.42. The van der Waals surface area contributed by atoms with Crippen LogP contribution in [0.15, 0.2) is 24.3 Å². The van der Waals surface area contributed by atoms with E-state index in [4.69, 9.17) is 4.74 Å². The van der Waals surface area contributed by atoms with Crippen molar-refractivity contribution in [2.45, 2.75) is 32.1 Å². The van der Waals surface area contributed by atoms with Crippen molar-refractivity contribution in [2.24, 2.45) is 23.2 Å². The first-order chi connectivity index (χ1) is 10.3. The molecule has 2 nitrogen and oxygen atoms in total. The summed E-state index contributed by atoms with van der Waals surface area (Å²) in [6, 6.07) is 9.19. The van der Waals surface area contributed by atoms with E-state index >= 15 is 0 Å². The molecule has 0 saturated heterocycles. The molecule has 2 fully saturated rings. The highest BCUT2D eigenvalue weighted by molar-refractivity contribution is 5.33. The number of hydrogen-bond donors (Lipinski definition) is 1. The monoisotopic (exact) mass is 285 g/mol. The summed E-state index contributed by atoms with van der Waals surface area (Å²) in [7, 11) is 1.78. The lowest BCUT2D eigenvalue weighted by molar-refractivity contribution is 0.196. The third kappa shape index (κ3) is 2.24. The highest BCUT2D eigenvalue weighted by Gasteiger charge is 2.65. The number of nitrogens with one attached hydrogen (secondary N) is 1. The molecular weight excluding hydrogens is 258 g/mol. The molecule has 0 aliphatic heterocycles. The molecule has 1 aromatic carbocycles. The molecule has 21 heavy (non-hydrogen) atoms. The number of benzene rings is 1. The smallest absolute Gasteiger partial charge is 0.0587 e. The van der Waals surface area contributed by atoms with Crippen molar-refractivity contribution in [3.63, 3.8) is 0 Å². The predicted molar refractivity (Wildman–Crippen MR) is 85.3 cm³/mol. The van der Waals surface area contributed by atoms with Crippen LogP contribution in [0, 0.1) is 23.2 Å². The van der Waals surface area contributed by atoms with E-state index < -0.39 is 0 Å². The summed E-state index contributed by atoms with van der Waals surface area (Å²) in [5, 5.41) is 3.61. The first-order valence-electron chi connectivity index (χ1n) is 8.61. The Morgan fingerprint density at radius 1 is 1.14 bits per heavy atom. The molecule has 3 aliphatic rings. The maximum Gasteiger partial charge on any atom is 0.0587 e. The van der Waals surface area contributed by atoms with Gasteiger partial charge in [0.25, 0.3) is 0 Å². The van der Waals surface area contributed by atoms with Crippen LogP contribution in [-0.4, -0.2) is 26.8 Å². The van der Waals surface area contributed by atoms with Crippen LogP contribution in [-0.2, 0) is 17.6 Å². The van der Waals surface area contributed by atoms with Crippen LogP contribution in [0.4, 0.5) is 0 Å². The van der Waals surface area contributed by atoms with E-state index in [1.54, 1.807) is 18.2 Å². The van der Waals surface area contributed by atoms with E-state index in [1.807, 2.05) is 0 Å². The summed E-state index contributed by atoms with van der Waals surface area (Å²) in [5.41, 5.74) is 3.96. The molecular formula is C19H27NO. The van der Waals surface area contributed by atoms with Crippen LogP contribution in [0.1, 0.15) is 30.4 Å². The fourth-order valence-electron chi connectivity index (χ4n) is 5.42. The van der Waals surface area contributed by atoms with Crippen molar-refractivity contribution < 1.29 is 4.74 Å². The zero-order valence-corrected chi connectivity index (χ0v) is 13.1.